The van der Waals surface area contributed by atoms with Crippen LogP contribution in [0, 0.1) is 0 Å². The summed E-state index contributed by atoms with van der Waals surface area (Å²) in [5, 5.41) is 0. The van der Waals surface area contributed by atoms with Crippen LogP contribution in [0.15, 0.2) is 0 Å². The van der Waals surface area contributed by atoms with Crippen molar-refractivity contribution in [3.63, 3.8) is 0 Å². The van der Waals surface area contributed by atoms with Crippen LogP contribution in [0.3, 0.4) is 0 Å². The Morgan fingerprint density at radius 3 is 2.36 bits per heavy atom. The van der Waals surface area contributed by atoms with Gasteiger partial charge in [-0.2, -0.15) is 0 Å². The highest BCUT2D eigenvalue weighted by molar-refractivity contribution is 6.57. The number of unbranched alkanes of at least 4 members (excludes halogenated alkanes) is 1. The highest BCUT2D eigenvalue weighted by Gasteiger charge is 2.04. The Kier molecular flexibility index (Phi) is 8.33. The van der Waals surface area contributed by atoms with E-state index in [0.717, 1.165) is 6.71 Å². The van der Waals surface area contributed by atoms with Crippen LogP contribution in [0.4, 0.5) is 0 Å². The minimum atomic E-state index is 0.954. The van der Waals surface area contributed by atoms with Crippen molar-refractivity contribution in [1.82, 2.24) is 0 Å². The molecule has 0 unspecified atom stereocenters. The van der Waals surface area contributed by atoms with E-state index in [1.165, 1.54) is 38.2 Å². The Balaban J connectivity index is 3.02. The lowest BCUT2D eigenvalue weighted by Gasteiger charge is -2.05. The van der Waals surface area contributed by atoms with Crippen LogP contribution in [0.25, 0.3) is 0 Å². The van der Waals surface area contributed by atoms with Gasteiger partial charge in [-0.1, -0.05) is 58.8 Å². The smallest absolute Gasteiger partial charge is 0.0920 e. The van der Waals surface area contributed by atoms with Gasteiger partial charge in [0.2, 0.25) is 0 Å². The van der Waals surface area contributed by atoms with Crippen molar-refractivity contribution in [2.24, 2.45) is 0 Å². The average Bonchev–Trinajstić information content (AvgIpc) is 2.01. The van der Waals surface area contributed by atoms with Crippen LogP contribution in [0.1, 0.15) is 26.2 Å². The predicted octanol–water partition coefficient (Wildman–Crippen LogP) is 3.47. The monoisotopic (exact) mass is 151 g/mol. The molecule has 0 rings (SSSR count). The molecule has 2 heteroatoms. The van der Waals surface area contributed by atoms with Crippen LogP contribution in [-0.2, 0) is 0 Å². The van der Waals surface area contributed by atoms with E-state index in [0.29, 0.717) is 0 Å². The van der Waals surface area contributed by atoms with Gasteiger partial charge < -0.3 is 0 Å². The van der Waals surface area contributed by atoms with E-state index in [9.17, 15) is 0 Å². The van der Waals surface area contributed by atoms with Crippen molar-refractivity contribution >= 4 is 14.0 Å². The number of hydrogen-bond donors (Lipinski definition) is 0. The molecule has 0 N–H and O–H groups in total. The first-order valence-electron chi connectivity index (χ1n) is 5.09. The molecule has 11 heavy (non-hydrogen) atoms. The van der Waals surface area contributed by atoms with Crippen molar-refractivity contribution in [3.8, 4) is 0 Å². The minimum Gasteiger partial charge on any atom is -0.0920 e. The summed E-state index contributed by atoms with van der Waals surface area (Å²) in [6.45, 7) is 7.75. The van der Waals surface area contributed by atoms with Gasteiger partial charge in [-0.05, 0) is 0 Å². The van der Waals surface area contributed by atoms with E-state index in [1.54, 1.807) is 0 Å². The fourth-order valence-corrected chi connectivity index (χ4v) is 1.37. The summed E-state index contributed by atoms with van der Waals surface area (Å²) in [5.74, 6) is 0. The molecule has 63 valence electrons. The van der Waals surface area contributed by atoms with E-state index in [2.05, 4.69) is 27.8 Å². The molecule has 0 saturated heterocycles. The van der Waals surface area contributed by atoms with Gasteiger partial charge in [-0.3, -0.25) is 0 Å². The molecule has 0 nitrogen and oxygen atoms in total. The van der Waals surface area contributed by atoms with Crippen LogP contribution in [-0.4, -0.2) is 14.0 Å². The molecule has 0 aliphatic rings. The van der Waals surface area contributed by atoms with Gasteiger partial charge >= 0.3 is 0 Å². The molecular weight excluding hydrogens is 130 g/mol. The fourth-order valence-electron chi connectivity index (χ4n) is 1.37. The highest BCUT2D eigenvalue weighted by Crippen LogP contribution is 2.09. The summed E-state index contributed by atoms with van der Waals surface area (Å²) in [5.41, 5.74) is 0. The minimum absolute atomic E-state index is 0.954. The molecular formula is C9H21B2. The first-order valence-corrected chi connectivity index (χ1v) is 5.09. The van der Waals surface area contributed by atoms with E-state index < -0.39 is 0 Å². The summed E-state index contributed by atoms with van der Waals surface area (Å²) < 4.78 is 0. The van der Waals surface area contributed by atoms with Crippen LogP contribution < -0.4 is 0 Å². The van der Waals surface area contributed by atoms with Gasteiger partial charge in [-0.25, -0.2) is 0 Å². The van der Waals surface area contributed by atoms with Crippen molar-refractivity contribution in [3.05, 3.63) is 0 Å². The molecule has 0 heterocycles. The molecule has 1 radical (unpaired) electrons. The zero-order chi connectivity index (χ0) is 8.53. The van der Waals surface area contributed by atoms with Gasteiger partial charge in [-0.15, -0.1) is 0 Å². The molecule has 0 aromatic carbocycles. The van der Waals surface area contributed by atoms with Crippen molar-refractivity contribution < 1.29 is 0 Å². The van der Waals surface area contributed by atoms with Crippen LogP contribution in [0.5, 0.6) is 0 Å². The largest absolute Gasteiger partial charge is 0.136 e. The molecule has 0 aromatic heterocycles. The summed E-state index contributed by atoms with van der Waals surface area (Å²) in [7, 11) is 2.27. The SMILES string of the molecule is C[B]CCCB(C)CCCC. The Bertz CT molecular complexity index is 74.0. The summed E-state index contributed by atoms with van der Waals surface area (Å²) >= 11 is 0. The predicted molar refractivity (Wildman–Crippen MR) is 57.2 cm³/mol. The summed E-state index contributed by atoms with van der Waals surface area (Å²) in [6.07, 6.45) is 8.31. The van der Waals surface area contributed by atoms with Crippen LogP contribution in [0.2, 0.25) is 32.6 Å². The highest BCUT2D eigenvalue weighted by atomic mass is 13.8. The van der Waals surface area contributed by atoms with Gasteiger partial charge in [0.25, 0.3) is 0 Å². The van der Waals surface area contributed by atoms with Gasteiger partial charge in [0.15, 0.2) is 0 Å². The third kappa shape index (κ3) is 8.03. The standard InChI is InChI=1S/C9H21B2/c1-4-5-8-11(3)9-6-7-10-2/h4-9H2,1-3H3. The van der Waals surface area contributed by atoms with E-state index in [-0.39, 0.29) is 0 Å². The van der Waals surface area contributed by atoms with E-state index in [1.807, 2.05) is 0 Å². The molecule has 0 atom stereocenters. The third-order valence-corrected chi connectivity index (χ3v) is 2.24. The lowest BCUT2D eigenvalue weighted by Crippen LogP contribution is -2.05. The second-order valence-corrected chi connectivity index (χ2v) is 3.59. The first-order chi connectivity index (χ1) is 5.31. The average molecular weight is 151 g/mol. The topological polar surface area (TPSA) is 0 Å². The maximum atomic E-state index is 2.38. The Hall–Kier alpha value is 0.130. The summed E-state index contributed by atoms with van der Waals surface area (Å²) in [4.78, 5) is 0. The van der Waals surface area contributed by atoms with E-state index in [4.69, 9.17) is 0 Å². The fraction of sp³-hybridized carbons (Fsp3) is 1.00. The molecule has 0 bridgehead atoms. The Labute approximate surface area is 73.5 Å². The second kappa shape index (κ2) is 8.23. The molecule has 0 amide bonds. The van der Waals surface area contributed by atoms with Crippen molar-refractivity contribution in [2.45, 2.75) is 58.8 Å². The first kappa shape index (κ1) is 11.1. The van der Waals surface area contributed by atoms with Crippen molar-refractivity contribution in [2.75, 3.05) is 0 Å². The van der Waals surface area contributed by atoms with Gasteiger partial charge in [0, 0.05) is 0 Å². The molecule has 0 aliphatic carbocycles. The number of hydrogen-bond acceptors (Lipinski definition) is 0. The maximum Gasteiger partial charge on any atom is 0.136 e. The normalized spacial score (nSPS) is 9.73. The lowest BCUT2D eigenvalue weighted by atomic mass is 9.45. The lowest BCUT2D eigenvalue weighted by molar-refractivity contribution is 0.867. The maximum absolute atomic E-state index is 2.38. The Morgan fingerprint density at radius 2 is 1.82 bits per heavy atom. The Morgan fingerprint density at radius 1 is 1.18 bits per heavy atom. The third-order valence-electron chi connectivity index (χ3n) is 2.24. The van der Waals surface area contributed by atoms with Gasteiger partial charge in [0.05, 0.1) is 0 Å². The zero-order valence-corrected chi connectivity index (χ0v) is 8.40. The molecule has 0 spiro atoms. The molecule has 0 aromatic rings. The quantitative estimate of drug-likeness (QED) is 0.385. The van der Waals surface area contributed by atoms with Crippen LogP contribution >= 0.6 is 0 Å². The number of rotatable bonds is 7. The molecule has 0 saturated carbocycles. The van der Waals surface area contributed by atoms with Gasteiger partial charge in [0.1, 0.15) is 14.0 Å². The second-order valence-electron chi connectivity index (χ2n) is 3.59. The zero-order valence-electron chi connectivity index (χ0n) is 8.40. The molecule has 0 fully saturated rings. The van der Waals surface area contributed by atoms with Crippen molar-refractivity contribution in [1.29, 1.82) is 0 Å². The molecule has 0 aliphatic heterocycles. The summed E-state index contributed by atoms with van der Waals surface area (Å²) in [6, 6.07) is 0. The van der Waals surface area contributed by atoms with E-state index >= 15 is 0 Å².